The van der Waals surface area contributed by atoms with E-state index >= 15 is 0 Å². The van der Waals surface area contributed by atoms with Gasteiger partial charge in [0.1, 0.15) is 11.0 Å². The Balaban J connectivity index is 2.34. The fourth-order valence-electron chi connectivity index (χ4n) is 4.08. The van der Waals surface area contributed by atoms with Crippen molar-refractivity contribution in [1.29, 1.82) is 0 Å². The lowest BCUT2D eigenvalue weighted by molar-refractivity contribution is -0.179. The Morgan fingerprint density at radius 2 is 1.50 bits per heavy atom. The molecule has 2 rings (SSSR count). The van der Waals surface area contributed by atoms with E-state index in [1.165, 1.54) is 10.0 Å². The van der Waals surface area contributed by atoms with Crippen molar-refractivity contribution in [2.75, 3.05) is 19.8 Å². The number of nitrogens with zero attached hydrogens (tertiary/aromatic N) is 2. The number of hydrogen-bond acceptors (Lipinski definition) is 8. The summed E-state index contributed by atoms with van der Waals surface area (Å²) in [6, 6.07) is -0.938. The summed E-state index contributed by atoms with van der Waals surface area (Å²) in [6.45, 7) is 9.13. The van der Waals surface area contributed by atoms with Gasteiger partial charge in [-0.25, -0.2) is 14.8 Å². The van der Waals surface area contributed by atoms with Crippen LogP contribution in [0.25, 0.3) is 0 Å². The van der Waals surface area contributed by atoms with Crippen LogP contribution in [0.15, 0.2) is 0 Å². The minimum absolute atomic E-state index is 0.114. The van der Waals surface area contributed by atoms with E-state index < -0.39 is 46.8 Å². The normalized spacial score (nSPS) is 20.1. The third kappa shape index (κ3) is 5.58. The molecule has 2 fully saturated rings. The minimum atomic E-state index is -1.63. The van der Waals surface area contributed by atoms with Gasteiger partial charge in [-0.15, -0.1) is 0 Å². The second-order valence-corrected chi connectivity index (χ2v) is 8.96. The van der Waals surface area contributed by atoms with Crippen molar-refractivity contribution in [2.24, 2.45) is 5.41 Å². The Kier molecular flexibility index (Phi) is 8.25. The van der Waals surface area contributed by atoms with Crippen molar-refractivity contribution in [1.82, 2.24) is 10.0 Å². The highest BCUT2D eigenvalue weighted by Gasteiger charge is 2.61. The quantitative estimate of drug-likeness (QED) is 0.294. The minimum Gasteiger partial charge on any atom is -0.466 e. The number of rotatable bonds is 9. The predicted octanol–water partition coefficient (Wildman–Crippen LogP) is 1.75. The molecule has 1 unspecified atom stereocenters. The molecule has 0 radical (unpaired) electrons. The summed E-state index contributed by atoms with van der Waals surface area (Å²) in [5, 5.41) is 2.45. The van der Waals surface area contributed by atoms with Crippen LogP contribution in [0.1, 0.15) is 73.1 Å². The molecule has 2 aliphatic rings. The average Bonchev–Trinajstić information content (AvgIpc) is 2.92. The van der Waals surface area contributed by atoms with Crippen LogP contribution in [0.4, 0.5) is 0 Å². The average molecular weight is 455 g/mol. The van der Waals surface area contributed by atoms with Crippen LogP contribution < -0.4 is 0 Å². The first-order valence-corrected chi connectivity index (χ1v) is 11.2. The molecule has 0 aliphatic carbocycles. The zero-order valence-corrected chi connectivity index (χ0v) is 19.6. The summed E-state index contributed by atoms with van der Waals surface area (Å²) in [5.41, 5.74) is -2.39. The molecule has 2 aliphatic heterocycles. The van der Waals surface area contributed by atoms with E-state index in [1.54, 1.807) is 34.6 Å². The number of fused-ring (bicyclic) bond motifs is 1. The highest BCUT2D eigenvalue weighted by molar-refractivity contribution is 6.11. The third-order valence-electron chi connectivity index (χ3n) is 5.47. The van der Waals surface area contributed by atoms with Crippen molar-refractivity contribution in [2.45, 2.75) is 84.8 Å². The van der Waals surface area contributed by atoms with Gasteiger partial charge in [0.2, 0.25) is 0 Å². The number of ether oxygens (including phenoxy) is 3. The van der Waals surface area contributed by atoms with Crippen LogP contribution in [0, 0.1) is 5.41 Å². The molecular weight excluding hydrogens is 420 g/mol. The van der Waals surface area contributed by atoms with E-state index in [2.05, 4.69) is 0 Å². The van der Waals surface area contributed by atoms with E-state index in [4.69, 9.17) is 14.2 Å². The SMILES string of the molecule is CCOC(=O)CCC1(CCC(=O)OCC)C(=O)N2CCCC(C(=O)OC(C)(C)C)N2C1=O. The Bertz CT molecular complexity index is 736. The zero-order chi connectivity index (χ0) is 24.1. The fourth-order valence-corrected chi connectivity index (χ4v) is 4.08. The Morgan fingerprint density at radius 3 is 1.97 bits per heavy atom. The first kappa shape index (κ1) is 25.6. The van der Waals surface area contributed by atoms with Crippen LogP contribution in [0.3, 0.4) is 0 Å². The van der Waals surface area contributed by atoms with Crippen LogP contribution in [0.2, 0.25) is 0 Å². The lowest BCUT2D eigenvalue weighted by Gasteiger charge is -2.38. The summed E-state index contributed by atoms with van der Waals surface area (Å²) >= 11 is 0. The van der Waals surface area contributed by atoms with E-state index in [0.29, 0.717) is 12.8 Å². The standard InChI is InChI=1S/C22H34N2O8/c1-6-30-16(25)10-12-22(13-11-17(26)31-7-2)19(28)23-14-8-9-15(24(23)20(22)29)18(27)32-21(3,4)5/h15H,6-14H2,1-5H3. The molecule has 10 nitrogen and oxygen atoms in total. The van der Waals surface area contributed by atoms with Crippen molar-refractivity contribution in [3.8, 4) is 0 Å². The van der Waals surface area contributed by atoms with Gasteiger partial charge < -0.3 is 14.2 Å². The fraction of sp³-hybridized carbons (Fsp3) is 0.773. The lowest BCUT2D eigenvalue weighted by atomic mass is 9.78. The van der Waals surface area contributed by atoms with Gasteiger partial charge in [0, 0.05) is 19.4 Å². The van der Waals surface area contributed by atoms with Crippen LogP contribution >= 0.6 is 0 Å². The van der Waals surface area contributed by atoms with Crippen LogP contribution in [-0.2, 0) is 38.2 Å². The molecule has 32 heavy (non-hydrogen) atoms. The predicted molar refractivity (Wildman–Crippen MR) is 112 cm³/mol. The summed E-state index contributed by atoms with van der Waals surface area (Å²) in [6.07, 6.45) is 0.329. The molecule has 0 aromatic carbocycles. The maximum Gasteiger partial charge on any atom is 0.331 e. The second-order valence-electron chi connectivity index (χ2n) is 8.96. The van der Waals surface area contributed by atoms with E-state index in [9.17, 15) is 24.0 Å². The molecule has 0 aromatic rings. The molecule has 0 aromatic heterocycles. The molecule has 10 heteroatoms. The first-order valence-electron chi connectivity index (χ1n) is 11.2. The lowest BCUT2D eigenvalue weighted by Crippen LogP contribution is -2.55. The molecule has 180 valence electrons. The van der Waals surface area contributed by atoms with E-state index in [-0.39, 0.29) is 45.4 Å². The number of esters is 3. The van der Waals surface area contributed by atoms with Gasteiger partial charge >= 0.3 is 17.9 Å². The van der Waals surface area contributed by atoms with Gasteiger partial charge in [0.25, 0.3) is 11.8 Å². The largest absolute Gasteiger partial charge is 0.466 e. The molecule has 2 heterocycles. The van der Waals surface area contributed by atoms with Gasteiger partial charge in [-0.1, -0.05) is 0 Å². The van der Waals surface area contributed by atoms with Crippen molar-refractivity contribution < 1.29 is 38.2 Å². The molecule has 0 saturated carbocycles. The summed E-state index contributed by atoms with van der Waals surface area (Å²) < 4.78 is 15.4. The Morgan fingerprint density at radius 1 is 0.969 bits per heavy atom. The molecule has 0 bridgehead atoms. The molecule has 0 N–H and O–H groups in total. The van der Waals surface area contributed by atoms with E-state index in [1.807, 2.05) is 0 Å². The number of hydrazine groups is 1. The zero-order valence-electron chi connectivity index (χ0n) is 19.6. The number of carbonyl (C=O) groups excluding carboxylic acids is 5. The van der Waals surface area contributed by atoms with E-state index in [0.717, 1.165) is 0 Å². The Hall–Kier alpha value is -2.65. The van der Waals surface area contributed by atoms with Crippen molar-refractivity contribution >= 4 is 29.7 Å². The topological polar surface area (TPSA) is 120 Å². The van der Waals surface area contributed by atoms with Crippen molar-refractivity contribution in [3.05, 3.63) is 0 Å². The van der Waals surface area contributed by atoms with Crippen molar-refractivity contribution in [3.63, 3.8) is 0 Å². The molecule has 0 spiro atoms. The maximum absolute atomic E-state index is 13.6. The number of amides is 2. The number of carbonyl (C=O) groups is 5. The van der Waals surface area contributed by atoms with Gasteiger partial charge in [-0.05, 0) is 60.3 Å². The van der Waals surface area contributed by atoms with Gasteiger partial charge in [-0.2, -0.15) is 0 Å². The highest BCUT2D eigenvalue weighted by Crippen LogP contribution is 2.44. The van der Waals surface area contributed by atoms with Crippen LogP contribution in [-0.4, -0.2) is 71.1 Å². The van der Waals surface area contributed by atoms with Crippen LogP contribution in [0.5, 0.6) is 0 Å². The maximum atomic E-state index is 13.6. The summed E-state index contributed by atoms with van der Waals surface area (Å²) in [4.78, 5) is 63.9. The monoisotopic (exact) mass is 454 g/mol. The van der Waals surface area contributed by atoms with Gasteiger partial charge in [0.05, 0.1) is 13.2 Å². The molecule has 2 amide bonds. The molecular formula is C22H34N2O8. The van der Waals surface area contributed by atoms with Gasteiger partial charge in [0.15, 0.2) is 6.04 Å². The summed E-state index contributed by atoms with van der Waals surface area (Å²) in [7, 11) is 0. The molecule has 2 saturated heterocycles. The third-order valence-corrected chi connectivity index (χ3v) is 5.47. The van der Waals surface area contributed by atoms with Gasteiger partial charge in [-0.3, -0.25) is 19.2 Å². The second kappa shape index (κ2) is 10.3. The first-order chi connectivity index (χ1) is 15.0. The number of hydrogen-bond donors (Lipinski definition) is 0. The molecule has 1 atom stereocenters. The Labute approximate surface area is 188 Å². The smallest absolute Gasteiger partial charge is 0.331 e. The highest BCUT2D eigenvalue weighted by atomic mass is 16.6. The summed E-state index contributed by atoms with van der Waals surface area (Å²) in [5.74, 6) is -2.76.